The number of carboxylic acids is 1. The molecule has 2 rings (SSSR count). The van der Waals surface area contributed by atoms with E-state index in [4.69, 9.17) is 4.74 Å². The fourth-order valence-electron chi connectivity index (χ4n) is 2.33. The molecule has 0 aliphatic carbocycles. The first-order valence-electron chi connectivity index (χ1n) is 7.42. The van der Waals surface area contributed by atoms with E-state index in [1.807, 2.05) is 0 Å². The molecule has 1 amide bonds. The predicted octanol–water partition coefficient (Wildman–Crippen LogP) is 2.79. The summed E-state index contributed by atoms with van der Waals surface area (Å²) in [6.45, 7) is 0. The number of hydrogen-bond donors (Lipinski definition) is 2. The number of amides is 1. The lowest BCUT2D eigenvalue weighted by Crippen LogP contribution is -2.42. The van der Waals surface area contributed by atoms with Crippen LogP contribution in [0, 0.1) is 10.1 Å². The number of carbonyl (C=O) groups excluding carboxylic acids is 1. The van der Waals surface area contributed by atoms with Gasteiger partial charge in [-0.1, -0.05) is 22.0 Å². The molecule has 1 atom stereocenters. The molecule has 0 heterocycles. The second kappa shape index (κ2) is 8.43. The minimum absolute atomic E-state index is 0.167. The smallest absolute Gasteiger partial charge is 0.326 e. The molecule has 8 nitrogen and oxygen atoms in total. The number of non-ortho nitro benzene ring substituents is 1. The average Bonchev–Trinajstić information content (AvgIpc) is 2.60. The van der Waals surface area contributed by atoms with E-state index in [2.05, 4.69) is 21.2 Å². The van der Waals surface area contributed by atoms with Crippen molar-refractivity contribution >= 4 is 33.5 Å². The van der Waals surface area contributed by atoms with E-state index in [9.17, 15) is 24.8 Å². The van der Waals surface area contributed by atoms with Gasteiger partial charge in [-0.25, -0.2) is 4.79 Å². The van der Waals surface area contributed by atoms with Crippen LogP contribution >= 0.6 is 15.9 Å². The van der Waals surface area contributed by atoms with Crippen molar-refractivity contribution in [3.8, 4) is 5.75 Å². The number of carbonyl (C=O) groups is 2. The molecular weight excluding hydrogens is 408 g/mol. The van der Waals surface area contributed by atoms with Crippen LogP contribution in [0.1, 0.15) is 15.9 Å². The third kappa shape index (κ3) is 4.79. The maximum atomic E-state index is 12.3. The molecule has 0 radical (unpaired) electrons. The molecule has 0 saturated heterocycles. The summed E-state index contributed by atoms with van der Waals surface area (Å²) in [5.74, 6) is -1.52. The van der Waals surface area contributed by atoms with E-state index in [1.54, 1.807) is 24.3 Å². The number of halogens is 1. The predicted molar refractivity (Wildman–Crippen MR) is 96.4 cm³/mol. The quantitative estimate of drug-likeness (QED) is 0.522. The van der Waals surface area contributed by atoms with Gasteiger partial charge in [0.1, 0.15) is 11.8 Å². The Balaban J connectivity index is 2.26. The molecule has 2 N–H and O–H groups in total. The van der Waals surface area contributed by atoms with Gasteiger partial charge in [0, 0.05) is 34.2 Å². The number of nitrogens with zero attached hydrogens (tertiary/aromatic N) is 1. The van der Waals surface area contributed by atoms with Crippen molar-refractivity contribution in [2.24, 2.45) is 0 Å². The largest absolute Gasteiger partial charge is 0.496 e. The van der Waals surface area contributed by atoms with Crippen LogP contribution in [0.4, 0.5) is 5.69 Å². The van der Waals surface area contributed by atoms with Crippen LogP contribution in [0.2, 0.25) is 0 Å². The zero-order valence-electron chi connectivity index (χ0n) is 13.6. The van der Waals surface area contributed by atoms with Crippen molar-refractivity contribution in [3.05, 3.63) is 68.2 Å². The summed E-state index contributed by atoms with van der Waals surface area (Å²) in [7, 11) is 1.38. The number of nitro groups is 1. The lowest BCUT2D eigenvalue weighted by atomic mass is 10.0. The zero-order chi connectivity index (χ0) is 19.3. The van der Waals surface area contributed by atoms with E-state index in [0.29, 0.717) is 15.8 Å². The maximum Gasteiger partial charge on any atom is 0.326 e. The number of aliphatic carboxylic acids is 1. The molecule has 0 aromatic heterocycles. The normalized spacial score (nSPS) is 11.5. The second-order valence-corrected chi connectivity index (χ2v) is 6.25. The van der Waals surface area contributed by atoms with Crippen LogP contribution in [-0.2, 0) is 11.2 Å². The third-order valence-electron chi connectivity index (χ3n) is 3.59. The number of benzene rings is 2. The first kappa shape index (κ1) is 19.4. The molecule has 0 unspecified atom stereocenters. The summed E-state index contributed by atoms with van der Waals surface area (Å²) in [5.41, 5.74) is 0.406. The molecular formula is C17H15BrN2O6. The standard InChI is InChI=1S/C17H15BrN2O6/c1-26-15-6-5-13(20(24)25)8-11(15)9-14(17(22)23)19-16(21)10-3-2-4-12(18)7-10/h2-8,14H,9H2,1H3,(H,19,21)(H,22,23)/t14-/m1/s1. The van der Waals surface area contributed by atoms with E-state index >= 15 is 0 Å². The summed E-state index contributed by atoms with van der Waals surface area (Å²) in [6, 6.07) is 9.10. The van der Waals surface area contributed by atoms with Crippen molar-refractivity contribution in [3.63, 3.8) is 0 Å². The minimum atomic E-state index is -1.28. The zero-order valence-corrected chi connectivity index (χ0v) is 15.2. The maximum absolute atomic E-state index is 12.3. The van der Waals surface area contributed by atoms with Gasteiger partial charge in [0.25, 0.3) is 11.6 Å². The van der Waals surface area contributed by atoms with Gasteiger partial charge in [-0.2, -0.15) is 0 Å². The second-order valence-electron chi connectivity index (χ2n) is 5.33. The van der Waals surface area contributed by atoms with Crippen molar-refractivity contribution in [1.29, 1.82) is 0 Å². The van der Waals surface area contributed by atoms with Gasteiger partial charge < -0.3 is 15.2 Å². The van der Waals surface area contributed by atoms with Crippen LogP contribution < -0.4 is 10.1 Å². The number of nitrogens with one attached hydrogen (secondary N) is 1. The molecule has 26 heavy (non-hydrogen) atoms. The van der Waals surface area contributed by atoms with Gasteiger partial charge in [-0.15, -0.1) is 0 Å². The number of rotatable bonds is 7. The Morgan fingerprint density at radius 1 is 1.31 bits per heavy atom. The summed E-state index contributed by atoms with van der Waals surface area (Å²) < 4.78 is 5.81. The van der Waals surface area contributed by atoms with Crippen LogP contribution in [0.15, 0.2) is 46.9 Å². The Kier molecular flexibility index (Phi) is 6.29. The molecule has 0 aliphatic heterocycles. The summed E-state index contributed by atoms with van der Waals surface area (Å²) >= 11 is 3.24. The van der Waals surface area contributed by atoms with Crippen LogP contribution in [-0.4, -0.2) is 35.1 Å². The highest BCUT2D eigenvalue weighted by Crippen LogP contribution is 2.25. The van der Waals surface area contributed by atoms with E-state index < -0.39 is 22.8 Å². The molecule has 0 saturated carbocycles. The monoisotopic (exact) mass is 422 g/mol. The molecule has 9 heteroatoms. The number of methoxy groups -OCH3 is 1. The van der Waals surface area contributed by atoms with Crippen LogP contribution in [0.5, 0.6) is 5.75 Å². The Hall–Kier alpha value is -2.94. The van der Waals surface area contributed by atoms with Crippen molar-refractivity contribution in [2.75, 3.05) is 7.11 Å². The van der Waals surface area contributed by atoms with Crippen LogP contribution in [0.25, 0.3) is 0 Å². The lowest BCUT2D eigenvalue weighted by molar-refractivity contribution is -0.384. The van der Waals surface area contributed by atoms with Crippen LogP contribution in [0.3, 0.4) is 0 Å². The highest BCUT2D eigenvalue weighted by atomic mass is 79.9. The molecule has 2 aromatic carbocycles. The number of hydrogen-bond acceptors (Lipinski definition) is 5. The Labute approximate surface area is 157 Å². The molecule has 0 spiro atoms. The average molecular weight is 423 g/mol. The Morgan fingerprint density at radius 3 is 2.62 bits per heavy atom. The SMILES string of the molecule is COc1ccc([N+](=O)[O-])cc1C[C@@H](NC(=O)c1cccc(Br)c1)C(=O)O. The molecule has 0 aliphatic rings. The van der Waals surface area contributed by atoms with Gasteiger partial charge in [-0.3, -0.25) is 14.9 Å². The first-order chi connectivity index (χ1) is 12.3. The van der Waals surface area contributed by atoms with Gasteiger partial charge in [0.2, 0.25) is 0 Å². The van der Waals surface area contributed by atoms with Crippen molar-refractivity contribution in [2.45, 2.75) is 12.5 Å². The Bertz CT molecular complexity index is 855. The molecule has 2 aromatic rings. The van der Waals surface area contributed by atoms with Gasteiger partial charge in [0.05, 0.1) is 12.0 Å². The fourth-order valence-corrected chi connectivity index (χ4v) is 2.73. The molecule has 0 fully saturated rings. The molecule has 0 bridgehead atoms. The number of carboxylic acid groups (broad SMARTS) is 1. The summed E-state index contributed by atoms with van der Waals surface area (Å²) in [6.07, 6.45) is -0.167. The van der Waals surface area contributed by atoms with E-state index in [-0.39, 0.29) is 17.7 Å². The van der Waals surface area contributed by atoms with Gasteiger partial charge in [0.15, 0.2) is 0 Å². The van der Waals surface area contributed by atoms with Crippen molar-refractivity contribution < 1.29 is 24.4 Å². The summed E-state index contributed by atoms with van der Waals surface area (Å²) in [4.78, 5) is 34.2. The van der Waals surface area contributed by atoms with Gasteiger partial charge >= 0.3 is 5.97 Å². The van der Waals surface area contributed by atoms with Crippen molar-refractivity contribution in [1.82, 2.24) is 5.32 Å². The lowest BCUT2D eigenvalue weighted by Gasteiger charge is -2.16. The minimum Gasteiger partial charge on any atom is -0.496 e. The number of ether oxygens (including phenoxy) is 1. The highest BCUT2D eigenvalue weighted by molar-refractivity contribution is 9.10. The van der Waals surface area contributed by atoms with E-state index in [0.717, 1.165) is 0 Å². The topological polar surface area (TPSA) is 119 Å². The first-order valence-corrected chi connectivity index (χ1v) is 8.21. The molecule has 136 valence electrons. The Morgan fingerprint density at radius 2 is 2.04 bits per heavy atom. The van der Waals surface area contributed by atoms with Gasteiger partial charge in [-0.05, 0) is 24.3 Å². The third-order valence-corrected chi connectivity index (χ3v) is 4.08. The highest BCUT2D eigenvalue weighted by Gasteiger charge is 2.24. The summed E-state index contributed by atoms with van der Waals surface area (Å²) in [5, 5.41) is 22.8. The number of nitro benzene ring substituents is 1. The fraction of sp³-hybridized carbons (Fsp3) is 0.176. The van der Waals surface area contributed by atoms with E-state index in [1.165, 1.54) is 25.3 Å².